The first-order valence-corrected chi connectivity index (χ1v) is 9.07. The Labute approximate surface area is 154 Å². The molecule has 1 aromatic carbocycles. The molecular weight excluding hydrogens is 326 g/mol. The van der Waals surface area contributed by atoms with Crippen LogP contribution in [0.15, 0.2) is 30.5 Å². The molecule has 1 aliphatic carbocycles. The van der Waals surface area contributed by atoms with Gasteiger partial charge in [-0.05, 0) is 28.9 Å². The molecule has 0 bridgehead atoms. The molecule has 26 heavy (non-hydrogen) atoms. The SMILES string of the molecule is CCC(=O)Nc1ncc2c(n1)CC(c1ccc(C(C)(C)C)cc1)CC2=O. The van der Waals surface area contributed by atoms with Crippen molar-refractivity contribution in [1.82, 2.24) is 9.97 Å². The zero-order valence-electron chi connectivity index (χ0n) is 15.8. The number of carbonyl (C=O) groups excluding carboxylic acids is 2. The van der Waals surface area contributed by atoms with Gasteiger partial charge < -0.3 is 0 Å². The first kappa shape index (κ1) is 18.2. The Morgan fingerprint density at radius 3 is 2.50 bits per heavy atom. The zero-order chi connectivity index (χ0) is 18.9. The minimum absolute atomic E-state index is 0.0597. The summed E-state index contributed by atoms with van der Waals surface area (Å²) in [5, 5.41) is 2.66. The lowest BCUT2D eigenvalue weighted by Crippen LogP contribution is -2.22. The quantitative estimate of drug-likeness (QED) is 0.906. The normalized spacial score (nSPS) is 16.9. The first-order chi connectivity index (χ1) is 12.3. The lowest BCUT2D eigenvalue weighted by atomic mass is 9.80. The predicted molar refractivity (Wildman–Crippen MR) is 101 cm³/mol. The van der Waals surface area contributed by atoms with Crippen LogP contribution in [0.3, 0.4) is 0 Å². The number of nitrogens with one attached hydrogen (secondary N) is 1. The van der Waals surface area contributed by atoms with Crippen molar-refractivity contribution < 1.29 is 9.59 Å². The standard InChI is InChI=1S/C21H25N3O2/c1-5-19(26)24-20-22-12-16-17(23-20)10-14(11-18(16)25)13-6-8-15(9-7-13)21(2,3)4/h6-9,12,14H,5,10-11H2,1-4H3,(H,22,23,24,26). The van der Waals surface area contributed by atoms with Crippen LogP contribution in [0, 0.1) is 0 Å². The third-order valence-corrected chi connectivity index (χ3v) is 4.86. The summed E-state index contributed by atoms with van der Waals surface area (Å²) in [6, 6.07) is 8.51. The molecule has 0 aliphatic heterocycles. The van der Waals surface area contributed by atoms with Crippen LogP contribution in [-0.2, 0) is 16.6 Å². The van der Waals surface area contributed by atoms with Crippen molar-refractivity contribution in [3.05, 3.63) is 52.8 Å². The molecule has 1 unspecified atom stereocenters. The highest BCUT2D eigenvalue weighted by atomic mass is 16.1. The van der Waals surface area contributed by atoms with E-state index in [2.05, 4.69) is 60.3 Å². The maximum absolute atomic E-state index is 12.5. The molecule has 0 saturated carbocycles. The van der Waals surface area contributed by atoms with E-state index in [-0.39, 0.29) is 29.0 Å². The Balaban J connectivity index is 1.85. The van der Waals surface area contributed by atoms with Crippen LogP contribution in [0.5, 0.6) is 0 Å². The second-order valence-electron chi connectivity index (χ2n) is 7.86. The van der Waals surface area contributed by atoms with Gasteiger partial charge in [-0.3, -0.25) is 14.9 Å². The molecule has 0 spiro atoms. The lowest BCUT2D eigenvalue weighted by molar-refractivity contribution is -0.115. The minimum atomic E-state index is -0.138. The summed E-state index contributed by atoms with van der Waals surface area (Å²) >= 11 is 0. The monoisotopic (exact) mass is 351 g/mol. The number of nitrogens with zero attached hydrogens (tertiary/aromatic N) is 2. The number of rotatable bonds is 3. The van der Waals surface area contributed by atoms with Crippen LogP contribution in [0.25, 0.3) is 0 Å². The number of fused-ring (bicyclic) bond motifs is 1. The van der Waals surface area contributed by atoms with Gasteiger partial charge in [0.05, 0.1) is 11.3 Å². The van der Waals surface area contributed by atoms with Gasteiger partial charge in [-0.15, -0.1) is 0 Å². The van der Waals surface area contributed by atoms with Gasteiger partial charge in [-0.1, -0.05) is 52.0 Å². The Morgan fingerprint density at radius 1 is 1.19 bits per heavy atom. The molecule has 1 aliphatic rings. The molecule has 5 nitrogen and oxygen atoms in total. The molecule has 1 aromatic heterocycles. The Bertz CT molecular complexity index is 835. The van der Waals surface area contributed by atoms with Crippen LogP contribution in [0.2, 0.25) is 0 Å². The number of hydrogen-bond donors (Lipinski definition) is 1. The van der Waals surface area contributed by atoms with Crippen LogP contribution >= 0.6 is 0 Å². The number of amides is 1. The summed E-state index contributed by atoms with van der Waals surface area (Å²) < 4.78 is 0. The summed E-state index contributed by atoms with van der Waals surface area (Å²) in [4.78, 5) is 32.6. The highest BCUT2D eigenvalue weighted by molar-refractivity contribution is 5.98. The minimum Gasteiger partial charge on any atom is -0.295 e. The first-order valence-electron chi connectivity index (χ1n) is 9.07. The molecule has 0 fully saturated rings. The summed E-state index contributed by atoms with van der Waals surface area (Å²) in [6.07, 6.45) is 3.04. The van der Waals surface area contributed by atoms with Crippen molar-refractivity contribution in [1.29, 1.82) is 0 Å². The summed E-state index contributed by atoms with van der Waals surface area (Å²) in [5.74, 6) is 0.298. The van der Waals surface area contributed by atoms with E-state index in [9.17, 15) is 9.59 Å². The van der Waals surface area contributed by atoms with Crippen LogP contribution in [0.1, 0.15) is 73.6 Å². The largest absolute Gasteiger partial charge is 0.295 e. The number of ketones is 1. The summed E-state index contributed by atoms with van der Waals surface area (Å²) in [7, 11) is 0. The lowest BCUT2D eigenvalue weighted by Gasteiger charge is -2.25. The van der Waals surface area contributed by atoms with Gasteiger partial charge in [0.1, 0.15) is 0 Å². The highest BCUT2D eigenvalue weighted by Crippen LogP contribution is 2.33. The van der Waals surface area contributed by atoms with E-state index in [1.165, 1.54) is 11.8 Å². The molecule has 5 heteroatoms. The smallest absolute Gasteiger partial charge is 0.229 e. The van der Waals surface area contributed by atoms with Crippen molar-refractivity contribution in [3.63, 3.8) is 0 Å². The Kier molecular flexibility index (Phi) is 4.90. The third kappa shape index (κ3) is 3.82. The Hall–Kier alpha value is -2.56. The molecule has 3 rings (SSSR count). The van der Waals surface area contributed by atoms with Crippen molar-refractivity contribution >= 4 is 17.6 Å². The molecule has 0 radical (unpaired) electrons. The number of hydrogen-bond acceptors (Lipinski definition) is 4. The molecule has 1 N–H and O–H groups in total. The Morgan fingerprint density at radius 2 is 1.88 bits per heavy atom. The molecular formula is C21H25N3O2. The molecule has 0 saturated heterocycles. The van der Waals surface area contributed by atoms with E-state index in [1.807, 2.05) is 0 Å². The number of aromatic nitrogens is 2. The third-order valence-electron chi connectivity index (χ3n) is 4.86. The number of anilines is 1. The van der Waals surface area contributed by atoms with Gasteiger partial charge in [0.25, 0.3) is 0 Å². The van der Waals surface area contributed by atoms with Gasteiger partial charge >= 0.3 is 0 Å². The van der Waals surface area contributed by atoms with Gasteiger partial charge in [-0.25, -0.2) is 9.97 Å². The molecule has 1 amide bonds. The molecule has 136 valence electrons. The highest BCUT2D eigenvalue weighted by Gasteiger charge is 2.28. The fourth-order valence-corrected chi connectivity index (χ4v) is 3.21. The van der Waals surface area contributed by atoms with E-state index in [4.69, 9.17) is 0 Å². The average molecular weight is 351 g/mol. The van der Waals surface area contributed by atoms with Crippen molar-refractivity contribution in [2.75, 3.05) is 5.32 Å². The summed E-state index contributed by atoms with van der Waals surface area (Å²) in [5.41, 5.74) is 3.81. The van der Waals surface area contributed by atoms with Crippen molar-refractivity contribution in [3.8, 4) is 0 Å². The van der Waals surface area contributed by atoms with E-state index in [0.717, 1.165) is 5.56 Å². The molecule has 2 aromatic rings. The second-order valence-corrected chi connectivity index (χ2v) is 7.86. The van der Waals surface area contributed by atoms with Crippen LogP contribution < -0.4 is 5.32 Å². The molecule has 1 heterocycles. The van der Waals surface area contributed by atoms with Crippen LogP contribution in [0.4, 0.5) is 5.95 Å². The van der Waals surface area contributed by atoms with Gasteiger partial charge in [-0.2, -0.15) is 0 Å². The molecule has 1 atom stereocenters. The van der Waals surface area contributed by atoms with Crippen molar-refractivity contribution in [2.45, 2.75) is 58.3 Å². The fourth-order valence-electron chi connectivity index (χ4n) is 3.21. The maximum Gasteiger partial charge on any atom is 0.229 e. The van der Waals surface area contributed by atoms with E-state index in [0.29, 0.717) is 30.5 Å². The van der Waals surface area contributed by atoms with Gasteiger partial charge in [0.15, 0.2) is 5.78 Å². The zero-order valence-corrected chi connectivity index (χ0v) is 15.8. The summed E-state index contributed by atoms with van der Waals surface area (Å²) in [6.45, 7) is 8.33. The van der Waals surface area contributed by atoms with Gasteiger partial charge in [0, 0.05) is 19.0 Å². The van der Waals surface area contributed by atoms with Crippen molar-refractivity contribution in [2.24, 2.45) is 0 Å². The van der Waals surface area contributed by atoms with Crippen LogP contribution in [-0.4, -0.2) is 21.7 Å². The fraction of sp³-hybridized carbons (Fsp3) is 0.429. The van der Waals surface area contributed by atoms with Gasteiger partial charge in [0.2, 0.25) is 11.9 Å². The van der Waals surface area contributed by atoms with E-state index in [1.54, 1.807) is 6.92 Å². The maximum atomic E-state index is 12.5. The topological polar surface area (TPSA) is 72.0 Å². The van der Waals surface area contributed by atoms with E-state index >= 15 is 0 Å². The number of carbonyl (C=O) groups is 2. The predicted octanol–water partition coefficient (Wildman–Crippen LogP) is 4.04. The number of Topliss-reactive ketones (excluding diaryl/α,β-unsaturated/α-hetero) is 1. The van der Waals surface area contributed by atoms with E-state index < -0.39 is 0 Å². The number of benzene rings is 1. The second kappa shape index (κ2) is 6.98. The average Bonchev–Trinajstić information content (AvgIpc) is 2.60.